The van der Waals surface area contributed by atoms with Gasteiger partial charge in [-0.15, -0.1) is 0 Å². The van der Waals surface area contributed by atoms with Gasteiger partial charge >= 0.3 is 7.94 Å². The number of hydrogen-bond donors (Lipinski definition) is 5. The Morgan fingerprint density at radius 3 is 1.77 bits per heavy atom. The molecule has 0 heterocycles. The average molecular weight is 473 g/mol. The molecule has 0 radical (unpaired) electrons. The van der Waals surface area contributed by atoms with Gasteiger partial charge in [0.2, 0.25) is 21.5 Å². The average Bonchev–Trinajstić information content (AvgIpc) is 2.65. The maximum Gasteiger partial charge on any atom is 0.417 e. The number of carbonyl (C=O) groups is 1. The molecule has 0 aromatic heterocycles. The van der Waals surface area contributed by atoms with E-state index < -0.39 is 42.1 Å². The van der Waals surface area contributed by atoms with E-state index in [1.54, 1.807) is 0 Å². The van der Waals surface area contributed by atoms with E-state index in [0.29, 0.717) is 12.8 Å². The molecule has 0 rings (SSSR count). The monoisotopic (exact) mass is 472 g/mol. The topological polar surface area (TPSA) is 144 Å². The maximum absolute atomic E-state index is 12.6. The lowest BCUT2D eigenvalue weighted by Gasteiger charge is -2.22. The fourth-order valence-electron chi connectivity index (χ4n) is 3.34. The van der Waals surface area contributed by atoms with Crippen LogP contribution in [0.4, 0.5) is 0 Å². The molecule has 0 saturated heterocycles. The van der Waals surface area contributed by atoms with Gasteiger partial charge in [0.25, 0.3) is 0 Å². The Bertz CT molecular complexity index is 552. The zero-order valence-corrected chi connectivity index (χ0v) is 20.3. The van der Waals surface area contributed by atoms with Crippen molar-refractivity contribution < 1.29 is 33.0 Å². The number of unbranched alkanes of at least 4 members (excludes halogenated alkanes) is 10. The van der Waals surface area contributed by atoms with Gasteiger partial charge in [0, 0.05) is 0 Å². The van der Waals surface area contributed by atoms with Crippen molar-refractivity contribution in [2.75, 3.05) is 12.4 Å². The lowest BCUT2D eigenvalue weighted by molar-refractivity contribution is -0.121. The number of rotatable bonds is 20. The molecular weight excluding hydrogens is 429 g/mol. The summed E-state index contributed by atoms with van der Waals surface area (Å²) in [5, 5.41) is 9.32. The fourth-order valence-corrected chi connectivity index (χ4v) is 5.45. The first-order chi connectivity index (χ1) is 14.1. The molecule has 0 aliphatic heterocycles. The molecule has 10 heteroatoms. The minimum atomic E-state index is -4.62. The molecule has 0 aromatic rings. The van der Waals surface area contributed by atoms with Crippen LogP contribution < -0.4 is 4.72 Å². The molecule has 30 heavy (non-hydrogen) atoms. The number of carbonyl (C=O) groups excluding carboxylic acids is 1. The second kappa shape index (κ2) is 16.5. The Balaban J connectivity index is 4.76. The maximum atomic E-state index is 12.6. The first kappa shape index (κ1) is 29.9. The molecule has 180 valence electrons. The van der Waals surface area contributed by atoms with Crippen molar-refractivity contribution >= 4 is 23.7 Å². The molecule has 0 aromatic carbocycles. The zero-order valence-electron chi connectivity index (χ0n) is 18.6. The Kier molecular flexibility index (Phi) is 16.4. The number of nitrogens with one attached hydrogen (secondary N) is 1. The highest BCUT2D eigenvalue weighted by Crippen LogP contribution is 2.50. The fraction of sp³-hybridized carbons (Fsp3) is 0.950. The quantitative estimate of drug-likeness (QED) is 0.135. The minimum Gasteiger partial charge on any atom is -0.391 e. The van der Waals surface area contributed by atoms with Gasteiger partial charge in [-0.2, -0.15) is 14.7 Å². The van der Waals surface area contributed by atoms with Crippen LogP contribution in [0.2, 0.25) is 0 Å². The zero-order chi connectivity index (χ0) is 23.0. The molecule has 8 nitrogen and oxygen atoms in total. The number of sulfonamides is 1. The van der Waals surface area contributed by atoms with Crippen LogP contribution in [-0.2, 0) is 14.8 Å². The summed E-state index contributed by atoms with van der Waals surface area (Å²) in [6, 6.07) is -1.19. The molecule has 0 spiro atoms. The number of ketones is 1. The summed E-state index contributed by atoms with van der Waals surface area (Å²) >= 11 is 0. The SMILES string of the molecule is CCCCCCCCCCS(=O)(=O)NC(CCCCCC)C(=O)C(CO)[P+](O)(O)O. The third kappa shape index (κ3) is 14.0. The van der Waals surface area contributed by atoms with Crippen molar-refractivity contribution in [3.05, 3.63) is 0 Å². The highest BCUT2D eigenvalue weighted by molar-refractivity contribution is 7.89. The first-order valence-corrected chi connectivity index (χ1v) is 14.7. The van der Waals surface area contributed by atoms with E-state index in [9.17, 15) is 33.0 Å². The Morgan fingerprint density at radius 2 is 1.30 bits per heavy atom. The van der Waals surface area contributed by atoms with Crippen molar-refractivity contribution in [1.82, 2.24) is 4.72 Å². The van der Waals surface area contributed by atoms with Gasteiger partial charge in [-0.25, -0.2) is 13.1 Å². The summed E-state index contributed by atoms with van der Waals surface area (Å²) in [5.74, 6) is -0.989. The van der Waals surface area contributed by atoms with Crippen molar-refractivity contribution in [2.45, 2.75) is 109 Å². The molecule has 2 atom stereocenters. The number of Topliss-reactive ketones (excluding diaryl/α,β-unsaturated/α-hetero) is 1. The van der Waals surface area contributed by atoms with E-state index in [1.807, 2.05) is 6.92 Å². The third-order valence-electron chi connectivity index (χ3n) is 5.20. The normalized spacial score (nSPS) is 14.6. The van der Waals surface area contributed by atoms with Crippen LogP contribution in [0.3, 0.4) is 0 Å². The molecule has 2 unspecified atom stereocenters. The van der Waals surface area contributed by atoms with E-state index in [1.165, 1.54) is 19.3 Å². The van der Waals surface area contributed by atoms with Gasteiger partial charge in [-0.1, -0.05) is 84.5 Å². The van der Waals surface area contributed by atoms with Crippen molar-refractivity contribution in [2.24, 2.45) is 0 Å². The van der Waals surface area contributed by atoms with E-state index in [-0.39, 0.29) is 12.2 Å². The predicted octanol–water partition coefficient (Wildman–Crippen LogP) is 3.06. The van der Waals surface area contributed by atoms with Crippen LogP contribution in [0.25, 0.3) is 0 Å². The van der Waals surface area contributed by atoms with Crippen LogP contribution in [0.5, 0.6) is 0 Å². The first-order valence-electron chi connectivity index (χ1n) is 11.3. The third-order valence-corrected chi connectivity index (χ3v) is 7.92. The lowest BCUT2D eigenvalue weighted by Crippen LogP contribution is -2.47. The van der Waals surface area contributed by atoms with E-state index in [2.05, 4.69) is 11.6 Å². The Morgan fingerprint density at radius 1 is 0.833 bits per heavy atom. The van der Waals surface area contributed by atoms with Gasteiger partial charge in [0.1, 0.15) is 0 Å². The second-order valence-electron chi connectivity index (χ2n) is 8.03. The van der Waals surface area contributed by atoms with Gasteiger partial charge in [0.05, 0.1) is 18.4 Å². The molecule has 0 fully saturated rings. The molecule has 0 amide bonds. The van der Waals surface area contributed by atoms with Gasteiger partial charge < -0.3 is 5.11 Å². The summed E-state index contributed by atoms with van der Waals surface area (Å²) in [6.07, 6.45) is 11.6. The summed E-state index contributed by atoms with van der Waals surface area (Å²) in [6.45, 7) is 3.23. The van der Waals surface area contributed by atoms with Crippen LogP contribution in [0.15, 0.2) is 0 Å². The number of aliphatic hydroxyl groups is 1. The van der Waals surface area contributed by atoms with Crippen molar-refractivity contribution in [3.8, 4) is 0 Å². The van der Waals surface area contributed by atoms with Crippen LogP contribution in [0, 0.1) is 0 Å². The molecule has 0 aliphatic rings. The van der Waals surface area contributed by atoms with Gasteiger partial charge in [-0.3, -0.25) is 4.79 Å². The molecule has 0 saturated carbocycles. The summed E-state index contributed by atoms with van der Waals surface area (Å²) in [7, 11) is -8.36. The van der Waals surface area contributed by atoms with Gasteiger partial charge in [0.15, 0.2) is 0 Å². The predicted molar refractivity (Wildman–Crippen MR) is 122 cm³/mol. The molecule has 0 aliphatic carbocycles. The van der Waals surface area contributed by atoms with Crippen LogP contribution >= 0.6 is 7.94 Å². The highest BCUT2D eigenvalue weighted by atomic mass is 32.2. The molecular formula is C20H43NO7PS+. The standard InChI is InChI=1S/C20H43NO7PS/c1-3-5-7-9-10-11-12-14-16-30(27,28)21-18(15-13-8-6-4-2)20(23)19(17-22)29(24,25)26/h18-19,21-22,24-26H,3-17H2,1-2H3/q+1. The van der Waals surface area contributed by atoms with E-state index in [4.69, 9.17) is 0 Å². The Hall–Kier alpha value is -0.150. The number of aliphatic hydroxyl groups excluding tert-OH is 1. The summed E-state index contributed by atoms with van der Waals surface area (Å²) in [4.78, 5) is 41.0. The molecule has 0 bridgehead atoms. The van der Waals surface area contributed by atoms with E-state index in [0.717, 1.165) is 44.9 Å². The summed E-state index contributed by atoms with van der Waals surface area (Å²) < 4.78 is 27.3. The highest BCUT2D eigenvalue weighted by Gasteiger charge is 2.50. The van der Waals surface area contributed by atoms with E-state index >= 15 is 0 Å². The minimum absolute atomic E-state index is 0.109. The van der Waals surface area contributed by atoms with Crippen LogP contribution in [-0.4, -0.2) is 58.0 Å². The van der Waals surface area contributed by atoms with Crippen LogP contribution in [0.1, 0.15) is 97.3 Å². The second-order valence-corrected chi connectivity index (χ2v) is 11.8. The largest absolute Gasteiger partial charge is 0.417 e. The summed E-state index contributed by atoms with van der Waals surface area (Å²) in [5.41, 5.74) is -1.79. The van der Waals surface area contributed by atoms with Crippen molar-refractivity contribution in [1.29, 1.82) is 0 Å². The smallest absolute Gasteiger partial charge is 0.391 e. The molecule has 5 N–H and O–H groups in total. The van der Waals surface area contributed by atoms with Crippen molar-refractivity contribution in [3.63, 3.8) is 0 Å². The van der Waals surface area contributed by atoms with Gasteiger partial charge in [-0.05, 0) is 12.8 Å². The lowest BCUT2D eigenvalue weighted by atomic mass is 10.0. The number of hydrogen-bond acceptors (Lipinski definition) is 7. The Labute approximate surface area is 183 Å².